The lowest BCUT2D eigenvalue weighted by Gasteiger charge is -1.99. The summed E-state index contributed by atoms with van der Waals surface area (Å²) in [7, 11) is 0. The van der Waals surface area contributed by atoms with Gasteiger partial charge in [-0.15, -0.1) is 0 Å². The minimum Gasteiger partial charge on any atom is -0.383 e. The third-order valence-electron chi connectivity index (χ3n) is 2.54. The van der Waals surface area contributed by atoms with Gasteiger partial charge in [0, 0.05) is 34.8 Å². The average Bonchev–Trinajstić information content (AvgIpc) is 2.47. The van der Waals surface area contributed by atoms with E-state index in [4.69, 9.17) is 11.1 Å². The van der Waals surface area contributed by atoms with Gasteiger partial charge in [-0.3, -0.25) is 4.79 Å². The van der Waals surface area contributed by atoms with Crippen molar-refractivity contribution < 1.29 is 4.79 Å². The molecule has 0 aliphatic rings. The van der Waals surface area contributed by atoms with E-state index in [0.717, 1.165) is 11.8 Å². The number of hydrogen-bond acceptors (Lipinski definition) is 4. The lowest BCUT2D eigenvalue weighted by Crippen LogP contribution is -1.97. The molecule has 0 bridgehead atoms. The summed E-state index contributed by atoms with van der Waals surface area (Å²) in [5.41, 5.74) is 8.27. The first-order valence-electron chi connectivity index (χ1n) is 5.81. The molecule has 0 radical (unpaired) electrons. The van der Waals surface area contributed by atoms with Crippen LogP contribution in [0.5, 0.6) is 0 Å². The number of nitrogens with one attached hydrogen (secondary N) is 2. The second kappa shape index (κ2) is 6.16. The minimum atomic E-state index is 0.308. The van der Waals surface area contributed by atoms with Gasteiger partial charge in [0.25, 0.3) is 0 Å². The number of carbonyl (C=O) groups is 1. The second-order valence-corrected chi connectivity index (χ2v) is 3.94. The molecule has 0 fully saturated rings. The van der Waals surface area contributed by atoms with Crippen LogP contribution in [0.1, 0.15) is 16.7 Å². The van der Waals surface area contributed by atoms with Crippen LogP contribution in [0.4, 0.5) is 11.5 Å². The van der Waals surface area contributed by atoms with E-state index < -0.39 is 0 Å². The maximum Gasteiger partial charge on any atom is 0.211 e. The second-order valence-electron chi connectivity index (χ2n) is 3.94. The lowest BCUT2D eigenvalue weighted by molar-refractivity contribution is -0.105. The number of carbonyl (C=O) groups excluding carboxylic acids is 1. The van der Waals surface area contributed by atoms with Crippen LogP contribution in [-0.4, -0.2) is 17.6 Å². The normalized spacial score (nSPS) is 9.20. The molecule has 5 nitrogen and oxygen atoms in total. The van der Waals surface area contributed by atoms with Crippen LogP contribution in [0.25, 0.3) is 0 Å². The van der Waals surface area contributed by atoms with Crippen molar-refractivity contribution in [3.63, 3.8) is 0 Å². The molecule has 20 heavy (non-hydrogen) atoms. The van der Waals surface area contributed by atoms with Crippen molar-refractivity contribution in [3.8, 4) is 11.8 Å². The lowest BCUT2D eigenvalue weighted by atomic mass is 10.1. The number of pyridine rings is 1. The summed E-state index contributed by atoms with van der Waals surface area (Å²) in [6.07, 6.45) is 3.32. The molecule has 1 heterocycles. The SMILES string of the molecule is N=Cc1cc(C#Cc2cccc(NC=O)c2)cnc1N. The van der Waals surface area contributed by atoms with E-state index in [2.05, 4.69) is 22.1 Å². The smallest absolute Gasteiger partial charge is 0.211 e. The molecule has 1 aromatic carbocycles. The van der Waals surface area contributed by atoms with Gasteiger partial charge in [-0.05, 0) is 24.3 Å². The summed E-state index contributed by atoms with van der Waals surface area (Å²) in [4.78, 5) is 14.4. The van der Waals surface area contributed by atoms with Crippen molar-refractivity contribution in [2.24, 2.45) is 0 Å². The van der Waals surface area contributed by atoms with E-state index in [1.165, 1.54) is 0 Å². The Bertz CT molecular complexity index is 713. The number of nitrogens with zero attached hydrogens (tertiary/aromatic N) is 1. The van der Waals surface area contributed by atoms with Crippen LogP contribution in [0.2, 0.25) is 0 Å². The monoisotopic (exact) mass is 264 g/mol. The van der Waals surface area contributed by atoms with Gasteiger partial charge < -0.3 is 16.5 Å². The fourth-order valence-corrected chi connectivity index (χ4v) is 1.58. The van der Waals surface area contributed by atoms with E-state index >= 15 is 0 Å². The third kappa shape index (κ3) is 3.21. The molecule has 1 amide bonds. The molecule has 98 valence electrons. The van der Waals surface area contributed by atoms with Crippen molar-refractivity contribution in [1.29, 1.82) is 5.41 Å². The van der Waals surface area contributed by atoms with E-state index in [1.54, 1.807) is 30.5 Å². The Morgan fingerprint density at radius 2 is 2.05 bits per heavy atom. The Labute approximate surface area is 116 Å². The third-order valence-corrected chi connectivity index (χ3v) is 2.54. The van der Waals surface area contributed by atoms with Gasteiger partial charge in [-0.2, -0.15) is 0 Å². The van der Waals surface area contributed by atoms with Gasteiger partial charge in [-0.1, -0.05) is 17.9 Å². The number of rotatable bonds is 3. The van der Waals surface area contributed by atoms with Crippen LogP contribution in [0.15, 0.2) is 36.5 Å². The zero-order chi connectivity index (χ0) is 14.4. The van der Waals surface area contributed by atoms with Crippen molar-refractivity contribution in [3.05, 3.63) is 53.2 Å². The van der Waals surface area contributed by atoms with Gasteiger partial charge in [-0.25, -0.2) is 4.98 Å². The molecule has 2 aromatic rings. The Morgan fingerprint density at radius 3 is 2.80 bits per heavy atom. The Hall–Kier alpha value is -3.13. The number of nitrogens with two attached hydrogens (primary N) is 1. The molecule has 4 N–H and O–H groups in total. The summed E-state index contributed by atoms with van der Waals surface area (Å²) in [6.45, 7) is 0. The molecular formula is C15H12N4O. The summed E-state index contributed by atoms with van der Waals surface area (Å²) < 4.78 is 0. The first-order valence-corrected chi connectivity index (χ1v) is 5.81. The molecule has 2 rings (SSSR count). The number of anilines is 2. The van der Waals surface area contributed by atoms with Crippen molar-refractivity contribution in [1.82, 2.24) is 4.98 Å². The van der Waals surface area contributed by atoms with Gasteiger partial charge in [0.1, 0.15) is 5.82 Å². The van der Waals surface area contributed by atoms with Gasteiger partial charge in [0.15, 0.2) is 0 Å². The fraction of sp³-hybridized carbons (Fsp3) is 0. The van der Waals surface area contributed by atoms with Crippen LogP contribution < -0.4 is 11.1 Å². The maximum atomic E-state index is 10.4. The molecule has 0 saturated heterocycles. The number of aromatic nitrogens is 1. The van der Waals surface area contributed by atoms with Crippen molar-refractivity contribution >= 4 is 24.1 Å². The predicted octanol–water partition coefficient (Wildman–Crippen LogP) is 1.63. The largest absolute Gasteiger partial charge is 0.383 e. The molecule has 0 atom stereocenters. The van der Waals surface area contributed by atoms with Gasteiger partial charge in [0.05, 0.1) is 0 Å². The number of nitrogen functional groups attached to an aromatic ring is 1. The molecule has 0 unspecified atom stereocenters. The maximum absolute atomic E-state index is 10.4. The number of amides is 1. The van der Waals surface area contributed by atoms with Crippen molar-refractivity contribution in [2.45, 2.75) is 0 Å². The van der Waals surface area contributed by atoms with Crippen molar-refractivity contribution in [2.75, 3.05) is 11.1 Å². The van der Waals surface area contributed by atoms with E-state index in [9.17, 15) is 4.79 Å². The summed E-state index contributed by atoms with van der Waals surface area (Å²) in [5.74, 6) is 6.22. The standard InChI is InChI=1S/C15H12N4O/c16-8-13-6-12(9-18-15(13)17)5-4-11-2-1-3-14(7-11)19-10-20/h1-3,6-10,16H,(H2,17,18)(H,19,20). The van der Waals surface area contributed by atoms with Crippen LogP contribution in [-0.2, 0) is 4.79 Å². The Balaban J connectivity index is 2.28. The highest BCUT2D eigenvalue weighted by molar-refractivity contribution is 5.83. The van der Waals surface area contributed by atoms with E-state index in [0.29, 0.717) is 29.0 Å². The Morgan fingerprint density at radius 1 is 1.25 bits per heavy atom. The highest BCUT2D eigenvalue weighted by Crippen LogP contribution is 2.10. The molecule has 0 aliphatic heterocycles. The van der Waals surface area contributed by atoms with Crippen LogP contribution in [0.3, 0.4) is 0 Å². The van der Waals surface area contributed by atoms with Crippen LogP contribution in [0, 0.1) is 17.3 Å². The topological polar surface area (TPSA) is 91.9 Å². The summed E-state index contributed by atoms with van der Waals surface area (Å²) in [5, 5.41) is 9.78. The first kappa shape index (κ1) is 13.3. The molecule has 5 heteroatoms. The first-order chi connectivity index (χ1) is 9.72. The zero-order valence-electron chi connectivity index (χ0n) is 10.6. The minimum absolute atomic E-state index is 0.308. The molecule has 1 aromatic heterocycles. The average molecular weight is 264 g/mol. The highest BCUT2D eigenvalue weighted by atomic mass is 16.1. The van der Waals surface area contributed by atoms with Gasteiger partial charge >= 0.3 is 0 Å². The van der Waals surface area contributed by atoms with E-state index in [1.807, 2.05) is 6.07 Å². The molecular weight excluding hydrogens is 252 g/mol. The number of benzene rings is 1. The molecule has 0 aliphatic carbocycles. The summed E-state index contributed by atoms with van der Waals surface area (Å²) in [6, 6.07) is 8.89. The predicted molar refractivity (Wildman–Crippen MR) is 78.6 cm³/mol. The highest BCUT2D eigenvalue weighted by Gasteiger charge is 1.98. The molecule has 0 spiro atoms. The fourth-order valence-electron chi connectivity index (χ4n) is 1.58. The Kier molecular flexibility index (Phi) is 4.10. The molecule has 0 saturated carbocycles. The van der Waals surface area contributed by atoms with Crippen LogP contribution >= 0.6 is 0 Å². The zero-order valence-corrected chi connectivity index (χ0v) is 10.6. The van der Waals surface area contributed by atoms with Gasteiger partial charge in [0.2, 0.25) is 6.41 Å². The van der Waals surface area contributed by atoms with E-state index in [-0.39, 0.29) is 0 Å². The number of hydrogen-bond donors (Lipinski definition) is 3. The quantitative estimate of drug-likeness (QED) is 0.447. The summed E-state index contributed by atoms with van der Waals surface area (Å²) >= 11 is 0.